The van der Waals surface area contributed by atoms with Crippen LogP contribution in [0.25, 0.3) is 0 Å². The zero-order valence-corrected chi connectivity index (χ0v) is 23.8. The van der Waals surface area contributed by atoms with Crippen molar-refractivity contribution in [3.8, 4) is 0 Å². The van der Waals surface area contributed by atoms with Gasteiger partial charge in [-0.1, -0.05) is 59.6 Å². The summed E-state index contributed by atoms with van der Waals surface area (Å²) in [5.41, 5.74) is 1.21. The van der Waals surface area contributed by atoms with E-state index >= 15 is 0 Å². The summed E-state index contributed by atoms with van der Waals surface area (Å²) >= 11 is 12.1. The number of anilines is 1. The second-order valence-corrected chi connectivity index (χ2v) is 11.8. The minimum atomic E-state index is -4.18. The molecule has 0 saturated carbocycles. The summed E-state index contributed by atoms with van der Waals surface area (Å²) in [7, 11) is -4.18. The lowest BCUT2D eigenvalue weighted by Gasteiger charge is -2.32. The van der Waals surface area contributed by atoms with E-state index in [0.717, 1.165) is 9.87 Å². The van der Waals surface area contributed by atoms with Gasteiger partial charge in [-0.05, 0) is 75.2 Å². The Morgan fingerprint density at radius 1 is 0.868 bits per heavy atom. The van der Waals surface area contributed by atoms with Crippen molar-refractivity contribution in [3.63, 3.8) is 0 Å². The number of amides is 2. The van der Waals surface area contributed by atoms with Crippen molar-refractivity contribution in [2.45, 2.75) is 44.2 Å². The minimum absolute atomic E-state index is 0.0314. The van der Waals surface area contributed by atoms with Crippen molar-refractivity contribution in [3.05, 3.63) is 94.5 Å². The largest absolute Gasteiger partial charge is 0.352 e. The molecule has 202 valence electrons. The second-order valence-electron chi connectivity index (χ2n) is 9.11. The van der Waals surface area contributed by atoms with Crippen molar-refractivity contribution >= 4 is 50.7 Å². The molecule has 7 nitrogen and oxygen atoms in total. The molecule has 0 aliphatic heterocycles. The molecule has 2 amide bonds. The zero-order valence-electron chi connectivity index (χ0n) is 21.5. The summed E-state index contributed by atoms with van der Waals surface area (Å²) in [5, 5.41) is 3.53. The molecule has 10 heteroatoms. The maximum Gasteiger partial charge on any atom is 0.264 e. The van der Waals surface area contributed by atoms with Crippen LogP contribution in [0.5, 0.6) is 0 Å². The van der Waals surface area contributed by atoms with Crippen molar-refractivity contribution in [2.75, 3.05) is 17.4 Å². The summed E-state index contributed by atoms with van der Waals surface area (Å²) < 4.78 is 28.5. The van der Waals surface area contributed by atoms with Gasteiger partial charge in [-0.2, -0.15) is 0 Å². The minimum Gasteiger partial charge on any atom is -0.352 e. The number of rotatable bonds is 11. The van der Waals surface area contributed by atoms with E-state index in [1.807, 2.05) is 44.2 Å². The number of sulfonamides is 1. The Kier molecular flexibility index (Phi) is 10.2. The number of carbonyl (C=O) groups is 2. The van der Waals surface area contributed by atoms with Crippen LogP contribution in [0, 0.1) is 0 Å². The molecule has 0 heterocycles. The van der Waals surface area contributed by atoms with Gasteiger partial charge in [0.15, 0.2) is 0 Å². The fourth-order valence-corrected chi connectivity index (χ4v) is 5.59. The smallest absolute Gasteiger partial charge is 0.264 e. The van der Waals surface area contributed by atoms with E-state index in [-0.39, 0.29) is 29.1 Å². The highest BCUT2D eigenvalue weighted by atomic mass is 35.5. The standard InChI is InChI=1S/C28H31Cl2N3O4S/c1-20(2)31-28(35)21(3)32(17-16-22-8-5-4-6-9-22)27(34)19-33(25-11-7-10-24(30)18-25)38(36,37)26-14-12-23(29)13-15-26/h4-15,18,20-21H,16-17,19H2,1-3H3,(H,31,35)/t21-/m1/s1. The topological polar surface area (TPSA) is 86.8 Å². The Bertz CT molecular complexity index is 1350. The van der Waals surface area contributed by atoms with Crippen LogP contribution in [0.1, 0.15) is 26.3 Å². The predicted octanol–water partition coefficient (Wildman–Crippen LogP) is 5.17. The molecule has 0 spiro atoms. The fraction of sp³-hybridized carbons (Fsp3) is 0.286. The van der Waals surface area contributed by atoms with Gasteiger partial charge in [0, 0.05) is 22.6 Å². The highest BCUT2D eigenvalue weighted by Gasteiger charge is 2.32. The molecule has 0 bridgehead atoms. The van der Waals surface area contributed by atoms with Crippen LogP contribution in [0.3, 0.4) is 0 Å². The first-order chi connectivity index (χ1) is 18.0. The van der Waals surface area contributed by atoms with Crippen molar-refractivity contribution in [1.29, 1.82) is 0 Å². The van der Waals surface area contributed by atoms with Crippen molar-refractivity contribution in [2.24, 2.45) is 0 Å². The molecule has 1 atom stereocenters. The van der Waals surface area contributed by atoms with E-state index in [1.165, 1.54) is 35.2 Å². The van der Waals surface area contributed by atoms with Gasteiger partial charge in [-0.15, -0.1) is 0 Å². The van der Waals surface area contributed by atoms with Gasteiger partial charge in [-0.25, -0.2) is 8.42 Å². The number of halogens is 2. The SMILES string of the molecule is CC(C)NC(=O)[C@@H](C)N(CCc1ccccc1)C(=O)CN(c1cccc(Cl)c1)S(=O)(=O)c1ccc(Cl)cc1. The van der Waals surface area contributed by atoms with Crippen LogP contribution < -0.4 is 9.62 Å². The molecule has 0 unspecified atom stereocenters. The van der Waals surface area contributed by atoms with E-state index in [0.29, 0.717) is 16.5 Å². The lowest BCUT2D eigenvalue weighted by molar-refractivity contribution is -0.139. The number of nitrogens with zero attached hydrogens (tertiary/aromatic N) is 2. The van der Waals surface area contributed by atoms with Gasteiger partial charge < -0.3 is 10.2 Å². The third kappa shape index (κ3) is 7.72. The fourth-order valence-electron chi connectivity index (χ4n) is 3.87. The van der Waals surface area contributed by atoms with E-state index in [2.05, 4.69) is 5.32 Å². The molecule has 1 N–H and O–H groups in total. The number of carbonyl (C=O) groups excluding carboxylic acids is 2. The number of hydrogen-bond donors (Lipinski definition) is 1. The molecule has 38 heavy (non-hydrogen) atoms. The normalized spacial score (nSPS) is 12.2. The Morgan fingerprint density at radius 3 is 2.13 bits per heavy atom. The van der Waals surface area contributed by atoms with Gasteiger partial charge in [0.1, 0.15) is 12.6 Å². The van der Waals surface area contributed by atoms with Gasteiger partial charge >= 0.3 is 0 Å². The highest BCUT2D eigenvalue weighted by Crippen LogP contribution is 2.27. The molecule has 0 saturated heterocycles. The molecule has 3 aromatic rings. The molecule has 0 radical (unpaired) electrons. The molecular weight excluding hydrogens is 545 g/mol. The summed E-state index contributed by atoms with van der Waals surface area (Å²) in [4.78, 5) is 28.1. The highest BCUT2D eigenvalue weighted by molar-refractivity contribution is 7.92. The third-order valence-electron chi connectivity index (χ3n) is 5.86. The van der Waals surface area contributed by atoms with E-state index < -0.39 is 28.5 Å². The number of nitrogens with one attached hydrogen (secondary N) is 1. The van der Waals surface area contributed by atoms with E-state index in [4.69, 9.17) is 23.2 Å². The molecule has 0 fully saturated rings. The molecule has 3 rings (SSSR count). The van der Waals surface area contributed by atoms with Crippen molar-refractivity contribution < 1.29 is 18.0 Å². The first kappa shape index (κ1) is 29.5. The van der Waals surface area contributed by atoms with Gasteiger partial charge in [0.2, 0.25) is 11.8 Å². The molecule has 0 aliphatic carbocycles. The van der Waals surface area contributed by atoms with Crippen LogP contribution in [0.2, 0.25) is 10.0 Å². The molecule has 0 aliphatic rings. The summed E-state index contributed by atoms with van der Waals surface area (Å²) in [5.74, 6) is -0.846. The number of benzene rings is 3. The Morgan fingerprint density at radius 2 is 1.53 bits per heavy atom. The van der Waals surface area contributed by atoms with Crippen LogP contribution in [-0.2, 0) is 26.0 Å². The van der Waals surface area contributed by atoms with Crippen molar-refractivity contribution in [1.82, 2.24) is 10.2 Å². The lowest BCUT2D eigenvalue weighted by Crippen LogP contribution is -2.53. The van der Waals surface area contributed by atoms with Crippen LogP contribution in [-0.4, -0.2) is 50.3 Å². The summed E-state index contributed by atoms with van der Waals surface area (Å²) in [6.07, 6.45) is 0.493. The Labute approximate surface area is 234 Å². The maximum atomic E-state index is 13.8. The van der Waals surface area contributed by atoms with E-state index in [1.54, 1.807) is 25.1 Å². The lowest BCUT2D eigenvalue weighted by atomic mass is 10.1. The zero-order chi connectivity index (χ0) is 27.9. The Hall–Kier alpha value is -3.07. The Balaban J connectivity index is 1.98. The van der Waals surface area contributed by atoms with Crippen LogP contribution in [0.4, 0.5) is 5.69 Å². The average molecular weight is 577 g/mol. The maximum absolute atomic E-state index is 13.8. The third-order valence-corrected chi connectivity index (χ3v) is 8.13. The summed E-state index contributed by atoms with van der Waals surface area (Å²) in [6.45, 7) is 5.00. The van der Waals surface area contributed by atoms with E-state index in [9.17, 15) is 18.0 Å². The van der Waals surface area contributed by atoms with Crippen LogP contribution in [0.15, 0.2) is 83.8 Å². The quantitative estimate of drug-likeness (QED) is 0.341. The molecular formula is C28H31Cl2N3O4S. The first-order valence-corrected chi connectivity index (χ1v) is 14.4. The predicted molar refractivity (Wildman–Crippen MR) is 152 cm³/mol. The van der Waals surface area contributed by atoms with Crippen LogP contribution >= 0.6 is 23.2 Å². The van der Waals surface area contributed by atoms with Gasteiger partial charge in [0.05, 0.1) is 10.6 Å². The summed E-state index contributed by atoms with van der Waals surface area (Å²) in [6, 6.07) is 20.6. The average Bonchev–Trinajstić information content (AvgIpc) is 2.87. The second kappa shape index (κ2) is 13.1. The molecule has 0 aromatic heterocycles. The number of hydrogen-bond acceptors (Lipinski definition) is 4. The molecule has 3 aromatic carbocycles. The van der Waals surface area contributed by atoms with Gasteiger partial charge in [0.25, 0.3) is 10.0 Å². The monoisotopic (exact) mass is 575 g/mol. The first-order valence-electron chi connectivity index (χ1n) is 12.2. The van der Waals surface area contributed by atoms with Gasteiger partial charge in [-0.3, -0.25) is 13.9 Å².